The van der Waals surface area contributed by atoms with E-state index in [1.54, 1.807) is 14.2 Å². The van der Waals surface area contributed by atoms with E-state index in [4.69, 9.17) is 9.47 Å². The summed E-state index contributed by atoms with van der Waals surface area (Å²) in [7, 11) is 3.39. The summed E-state index contributed by atoms with van der Waals surface area (Å²) >= 11 is 0. The van der Waals surface area contributed by atoms with Crippen LogP contribution in [-0.4, -0.2) is 30.5 Å². The zero-order chi connectivity index (χ0) is 27.3. The minimum absolute atomic E-state index is 0.0188. The van der Waals surface area contributed by atoms with Gasteiger partial charge in [-0.15, -0.1) is 0 Å². The molecule has 38 heavy (non-hydrogen) atoms. The number of nitrogens with zero attached hydrogens (tertiary/aromatic N) is 2. The van der Waals surface area contributed by atoms with E-state index in [0.717, 1.165) is 47.8 Å². The van der Waals surface area contributed by atoms with Crippen LogP contribution in [-0.2, 0) is 0 Å². The number of rotatable bonds is 9. The summed E-state index contributed by atoms with van der Waals surface area (Å²) in [5.74, 6) is 2.08. The van der Waals surface area contributed by atoms with E-state index in [2.05, 4.69) is 98.5 Å². The summed E-state index contributed by atoms with van der Waals surface area (Å²) in [5.41, 5.74) is 7.18. The van der Waals surface area contributed by atoms with Gasteiger partial charge in [-0.2, -0.15) is 4.58 Å². The van der Waals surface area contributed by atoms with Gasteiger partial charge in [0, 0.05) is 35.8 Å². The fraction of sp³-hybridized carbons (Fsp3) is 0.324. The van der Waals surface area contributed by atoms with Crippen molar-refractivity contribution in [3.05, 3.63) is 96.6 Å². The second kappa shape index (κ2) is 11.7. The van der Waals surface area contributed by atoms with Gasteiger partial charge in [0.1, 0.15) is 11.5 Å². The Labute approximate surface area is 228 Å². The molecule has 4 nitrogen and oxygen atoms in total. The number of benzene rings is 3. The van der Waals surface area contributed by atoms with Crippen LogP contribution < -0.4 is 14.4 Å². The predicted octanol–water partition coefficient (Wildman–Crippen LogP) is 8.87. The predicted molar refractivity (Wildman–Crippen MR) is 161 cm³/mol. The van der Waals surface area contributed by atoms with Gasteiger partial charge in [0.25, 0.3) is 0 Å². The van der Waals surface area contributed by atoms with Gasteiger partial charge >= 0.3 is 0 Å². The number of ether oxygens (including phenoxy) is 2. The third-order valence-electron chi connectivity index (χ3n) is 8.16. The molecule has 0 aromatic heterocycles. The van der Waals surface area contributed by atoms with Crippen LogP contribution in [0.1, 0.15) is 64.0 Å². The Balaban J connectivity index is 1.95. The standard InChI is InChI=1S/C34H41N2O2/c1-8-23-35-33(10-3)31-24-27(17-22-30(31)32(9-2)34(35,11-4)12-5)36(25-13-18-28(37-6)19-14-25)26-15-20-29(38-7)21-16-26/h8,10,13-24,32H,1,9,11-12H2,2-7H3/q+1. The number of hydrogen-bond acceptors (Lipinski definition) is 3. The minimum Gasteiger partial charge on any atom is -0.497 e. The van der Waals surface area contributed by atoms with Gasteiger partial charge in [-0.3, -0.25) is 0 Å². The van der Waals surface area contributed by atoms with Crippen molar-refractivity contribution < 1.29 is 14.0 Å². The van der Waals surface area contributed by atoms with E-state index in [1.165, 1.54) is 16.8 Å². The minimum atomic E-state index is 0.0188. The van der Waals surface area contributed by atoms with Gasteiger partial charge in [-0.25, -0.2) is 0 Å². The van der Waals surface area contributed by atoms with E-state index >= 15 is 0 Å². The van der Waals surface area contributed by atoms with Gasteiger partial charge in [0.05, 0.1) is 19.8 Å². The molecule has 0 bridgehead atoms. The summed E-state index contributed by atoms with van der Waals surface area (Å²) in [6, 6.07) is 23.4. The van der Waals surface area contributed by atoms with Crippen molar-refractivity contribution in [2.24, 2.45) is 0 Å². The van der Waals surface area contributed by atoms with Crippen molar-refractivity contribution in [3.8, 4) is 11.5 Å². The molecule has 3 aromatic carbocycles. The van der Waals surface area contributed by atoms with Crippen molar-refractivity contribution in [1.29, 1.82) is 0 Å². The Bertz CT molecular complexity index is 1270. The molecule has 4 heteroatoms. The lowest BCUT2D eigenvalue weighted by molar-refractivity contribution is -0.534. The first-order valence-corrected chi connectivity index (χ1v) is 13.7. The SMILES string of the molecule is C=CC=[N+]1C(=CC)c2cc(N(c3ccc(OC)cc3)c3ccc(OC)cc3)ccc2C(CC)C1(CC)CC. The lowest BCUT2D eigenvalue weighted by atomic mass is 9.68. The molecule has 0 saturated heterocycles. The summed E-state index contributed by atoms with van der Waals surface area (Å²) in [5, 5.41) is 0. The van der Waals surface area contributed by atoms with Crippen molar-refractivity contribution in [3.63, 3.8) is 0 Å². The lowest BCUT2D eigenvalue weighted by Gasteiger charge is -2.42. The van der Waals surface area contributed by atoms with E-state index < -0.39 is 0 Å². The summed E-state index contributed by atoms with van der Waals surface area (Å²) in [6.45, 7) is 13.2. The van der Waals surface area contributed by atoms with Gasteiger partial charge in [0.15, 0.2) is 11.8 Å². The van der Waals surface area contributed by atoms with Crippen LogP contribution in [0.25, 0.3) is 5.70 Å². The molecule has 0 fully saturated rings. The first-order valence-electron chi connectivity index (χ1n) is 13.7. The maximum absolute atomic E-state index is 5.43. The summed E-state index contributed by atoms with van der Waals surface area (Å²) in [6.07, 6.45) is 9.55. The maximum atomic E-state index is 5.43. The van der Waals surface area contributed by atoms with Crippen molar-refractivity contribution >= 4 is 29.0 Å². The zero-order valence-electron chi connectivity index (χ0n) is 23.7. The fourth-order valence-corrected chi connectivity index (χ4v) is 6.26. The lowest BCUT2D eigenvalue weighted by Crippen LogP contribution is -2.49. The Morgan fingerprint density at radius 1 is 0.842 bits per heavy atom. The fourth-order valence-electron chi connectivity index (χ4n) is 6.26. The van der Waals surface area contributed by atoms with Crippen molar-refractivity contribution in [1.82, 2.24) is 0 Å². The van der Waals surface area contributed by atoms with Gasteiger partial charge < -0.3 is 14.4 Å². The molecule has 1 atom stereocenters. The Morgan fingerprint density at radius 3 is 1.79 bits per heavy atom. The number of fused-ring (bicyclic) bond motifs is 1. The number of hydrogen-bond donors (Lipinski definition) is 0. The largest absolute Gasteiger partial charge is 0.497 e. The molecular formula is C34H41N2O2+. The topological polar surface area (TPSA) is 24.7 Å². The van der Waals surface area contributed by atoms with Crippen LogP contribution in [0, 0.1) is 0 Å². The summed E-state index contributed by atoms with van der Waals surface area (Å²) < 4.78 is 13.4. The average molecular weight is 510 g/mol. The van der Waals surface area contributed by atoms with E-state index in [0.29, 0.717) is 5.92 Å². The maximum Gasteiger partial charge on any atom is 0.209 e. The highest BCUT2D eigenvalue weighted by Crippen LogP contribution is 2.50. The molecular weight excluding hydrogens is 468 g/mol. The van der Waals surface area contributed by atoms with Crippen LogP contribution in [0.5, 0.6) is 11.5 Å². The molecule has 3 aromatic rings. The molecule has 0 aliphatic carbocycles. The monoisotopic (exact) mass is 509 g/mol. The molecule has 0 saturated carbocycles. The van der Waals surface area contributed by atoms with Gasteiger partial charge in [-0.05, 0) is 91.7 Å². The molecule has 1 aliphatic heterocycles. The quantitative estimate of drug-likeness (QED) is 0.269. The Hall–Kier alpha value is -3.79. The zero-order valence-corrected chi connectivity index (χ0v) is 23.7. The van der Waals surface area contributed by atoms with Crippen LogP contribution in [0.3, 0.4) is 0 Å². The van der Waals surface area contributed by atoms with Crippen LogP contribution in [0.15, 0.2) is 85.5 Å². The smallest absolute Gasteiger partial charge is 0.209 e. The molecule has 1 heterocycles. The second-order valence-electron chi connectivity index (χ2n) is 9.70. The molecule has 1 unspecified atom stereocenters. The molecule has 0 spiro atoms. The molecule has 1 aliphatic rings. The first-order chi connectivity index (χ1) is 18.5. The normalized spacial score (nSPS) is 18.2. The van der Waals surface area contributed by atoms with Gasteiger partial charge in [-0.1, -0.05) is 33.4 Å². The highest BCUT2D eigenvalue weighted by molar-refractivity contribution is 5.81. The third-order valence-corrected chi connectivity index (χ3v) is 8.16. The number of allylic oxidation sites excluding steroid dienone is 2. The van der Waals surface area contributed by atoms with E-state index in [9.17, 15) is 0 Å². The molecule has 4 rings (SSSR count). The number of methoxy groups -OCH3 is 2. The van der Waals surface area contributed by atoms with Crippen LogP contribution in [0.2, 0.25) is 0 Å². The van der Waals surface area contributed by atoms with Crippen molar-refractivity contribution in [2.45, 2.75) is 58.4 Å². The van der Waals surface area contributed by atoms with Crippen molar-refractivity contribution in [2.75, 3.05) is 19.1 Å². The molecule has 0 amide bonds. The number of anilines is 3. The van der Waals surface area contributed by atoms with E-state index in [-0.39, 0.29) is 5.54 Å². The molecule has 198 valence electrons. The Kier molecular flexibility index (Phi) is 8.41. The molecule has 0 radical (unpaired) electrons. The summed E-state index contributed by atoms with van der Waals surface area (Å²) in [4.78, 5) is 2.29. The third kappa shape index (κ3) is 4.64. The van der Waals surface area contributed by atoms with Crippen LogP contribution in [0.4, 0.5) is 17.1 Å². The van der Waals surface area contributed by atoms with Crippen LogP contribution >= 0.6 is 0 Å². The molecule has 0 N–H and O–H groups in total. The van der Waals surface area contributed by atoms with Gasteiger partial charge in [0.2, 0.25) is 5.70 Å². The average Bonchev–Trinajstić information content (AvgIpc) is 2.97. The highest BCUT2D eigenvalue weighted by atomic mass is 16.5. The van der Waals surface area contributed by atoms with E-state index in [1.807, 2.05) is 30.3 Å². The first kappa shape index (κ1) is 27.3. The Morgan fingerprint density at radius 2 is 1.37 bits per heavy atom. The second-order valence-corrected chi connectivity index (χ2v) is 9.70. The highest BCUT2D eigenvalue weighted by Gasteiger charge is 2.51.